The normalized spacial score (nSPS) is 19.3. The number of amides is 1. The van der Waals surface area contributed by atoms with Crippen molar-refractivity contribution in [3.8, 4) is 5.75 Å². The molecule has 6 nitrogen and oxygen atoms in total. The number of β-amino-alcohol motifs (C(OH)–C–C–N with tert-alkyl or cyclic N) is 1. The maximum Gasteiger partial charge on any atom is 0.335 e. The summed E-state index contributed by atoms with van der Waals surface area (Å²) in [5, 5.41) is 19.1. The van der Waals surface area contributed by atoms with Crippen molar-refractivity contribution in [2.45, 2.75) is 25.0 Å². The summed E-state index contributed by atoms with van der Waals surface area (Å²) in [6.07, 6.45) is -0.244. The van der Waals surface area contributed by atoms with Crippen LogP contribution >= 0.6 is 0 Å². The Morgan fingerprint density at radius 2 is 1.73 bits per heavy atom. The van der Waals surface area contributed by atoms with Crippen molar-refractivity contribution >= 4 is 11.9 Å². The van der Waals surface area contributed by atoms with Crippen molar-refractivity contribution in [2.75, 3.05) is 13.1 Å². The van der Waals surface area contributed by atoms with E-state index in [2.05, 4.69) is 0 Å². The van der Waals surface area contributed by atoms with Crippen LogP contribution in [-0.4, -0.2) is 52.3 Å². The Balaban J connectivity index is 1.53. The first-order chi connectivity index (χ1) is 12.5. The number of aromatic carboxylic acids is 1. The van der Waals surface area contributed by atoms with Gasteiger partial charge in [-0.15, -0.1) is 0 Å². The Hall–Kier alpha value is -2.86. The van der Waals surface area contributed by atoms with E-state index in [9.17, 15) is 14.7 Å². The Morgan fingerprint density at radius 1 is 1.04 bits per heavy atom. The van der Waals surface area contributed by atoms with Crippen molar-refractivity contribution in [1.82, 2.24) is 4.90 Å². The Labute approximate surface area is 151 Å². The monoisotopic (exact) mass is 355 g/mol. The Morgan fingerprint density at radius 3 is 2.38 bits per heavy atom. The van der Waals surface area contributed by atoms with Gasteiger partial charge in [0.1, 0.15) is 18.0 Å². The molecule has 1 fully saturated rings. The minimum atomic E-state index is -1.01. The molecule has 0 aromatic heterocycles. The highest BCUT2D eigenvalue weighted by atomic mass is 16.5. The minimum absolute atomic E-state index is 0.0137. The minimum Gasteiger partial charge on any atom is -0.486 e. The van der Waals surface area contributed by atoms with E-state index in [1.165, 1.54) is 12.1 Å². The van der Waals surface area contributed by atoms with Crippen LogP contribution in [0.15, 0.2) is 54.6 Å². The fourth-order valence-electron chi connectivity index (χ4n) is 2.98. The summed E-state index contributed by atoms with van der Waals surface area (Å²) < 4.78 is 5.73. The van der Waals surface area contributed by atoms with Gasteiger partial charge in [0, 0.05) is 6.42 Å². The van der Waals surface area contributed by atoms with E-state index in [0.29, 0.717) is 25.1 Å². The van der Waals surface area contributed by atoms with Crippen molar-refractivity contribution < 1.29 is 24.5 Å². The van der Waals surface area contributed by atoms with E-state index in [1.54, 1.807) is 17.0 Å². The van der Waals surface area contributed by atoms with Gasteiger partial charge in [0.05, 0.1) is 18.7 Å². The fraction of sp³-hybridized carbons (Fsp3) is 0.300. The predicted molar refractivity (Wildman–Crippen MR) is 95.2 cm³/mol. The van der Waals surface area contributed by atoms with Crippen LogP contribution in [0.4, 0.5) is 0 Å². The molecule has 1 heterocycles. The number of aryl methyl sites for hydroxylation is 1. The third kappa shape index (κ3) is 4.40. The molecular weight excluding hydrogens is 334 g/mol. The summed E-state index contributed by atoms with van der Waals surface area (Å²) >= 11 is 0. The lowest BCUT2D eigenvalue weighted by Gasteiger charge is -2.17. The highest BCUT2D eigenvalue weighted by Gasteiger charge is 2.35. The van der Waals surface area contributed by atoms with Crippen LogP contribution in [0.1, 0.15) is 22.3 Å². The number of aliphatic hydroxyl groups is 1. The summed E-state index contributed by atoms with van der Waals surface area (Å²) in [6, 6.07) is 15.8. The second-order valence-electron chi connectivity index (χ2n) is 6.34. The predicted octanol–water partition coefficient (Wildman–Crippen LogP) is 1.97. The molecule has 1 aliphatic heterocycles. The lowest BCUT2D eigenvalue weighted by atomic mass is 10.1. The van der Waals surface area contributed by atoms with E-state index in [1.807, 2.05) is 30.3 Å². The summed E-state index contributed by atoms with van der Waals surface area (Å²) in [4.78, 5) is 24.9. The third-order valence-electron chi connectivity index (χ3n) is 4.45. The van der Waals surface area contributed by atoms with E-state index in [0.717, 1.165) is 5.56 Å². The van der Waals surface area contributed by atoms with Gasteiger partial charge in [-0.25, -0.2) is 4.79 Å². The van der Waals surface area contributed by atoms with Gasteiger partial charge in [-0.2, -0.15) is 0 Å². The molecule has 26 heavy (non-hydrogen) atoms. The maximum atomic E-state index is 12.4. The molecular formula is C20H21NO5. The van der Waals surface area contributed by atoms with Gasteiger partial charge in [-0.05, 0) is 36.2 Å². The van der Waals surface area contributed by atoms with Crippen molar-refractivity contribution in [3.63, 3.8) is 0 Å². The zero-order valence-corrected chi connectivity index (χ0v) is 14.2. The third-order valence-corrected chi connectivity index (χ3v) is 4.45. The largest absolute Gasteiger partial charge is 0.486 e. The molecule has 1 saturated heterocycles. The molecule has 6 heteroatoms. The number of aliphatic hydroxyl groups excluding tert-OH is 1. The summed E-state index contributed by atoms with van der Waals surface area (Å²) in [5.41, 5.74) is 1.27. The number of rotatable bonds is 6. The van der Waals surface area contributed by atoms with Crippen LogP contribution < -0.4 is 4.74 Å². The van der Waals surface area contributed by atoms with E-state index < -0.39 is 18.2 Å². The second-order valence-corrected chi connectivity index (χ2v) is 6.34. The van der Waals surface area contributed by atoms with Gasteiger partial charge < -0.3 is 19.8 Å². The Bertz CT molecular complexity index is 760. The zero-order valence-electron chi connectivity index (χ0n) is 14.2. The standard InChI is InChI=1S/C20H21NO5/c22-17-12-21(19(23)11-6-14-4-2-1-3-5-14)13-18(17)26-16-9-7-15(8-10-16)20(24)25/h1-5,7-10,17-18,22H,6,11-13H2,(H,24,25)/t17-,18-/m1/s1. The molecule has 2 atom stereocenters. The molecule has 0 saturated carbocycles. The van der Waals surface area contributed by atoms with Crippen LogP contribution in [-0.2, 0) is 11.2 Å². The van der Waals surface area contributed by atoms with Gasteiger partial charge in [0.2, 0.25) is 5.91 Å². The number of carboxylic acid groups (broad SMARTS) is 1. The molecule has 0 unspecified atom stereocenters. The van der Waals surface area contributed by atoms with Crippen molar-refractivity contribution in [2.24, 2.45) is 0 Å². The van der Waals surface area contributed by atoms with Crippen LogP contribution in [0, 0.1) is 0 Å². The molecule has 0 bridgehead atoms. The fourth-order valence-corrected chi connectivity index (χ4v) is 2.98. The van der Waals surface area contributed by atoms with E-state index >= 15 is 0 Å². The molecule has 0 radical (unpaired) electrons. The summed E-state index contributed by atoms with van der Waals surface area (Å²) in [6.45, 7) is 0.557. The smallest absolute Gasteiger partial charge is 0.335 e. The van der Waals surface area contributed by atoms with Gasteiger partial charge in [-0.1, -0.05) is 30.3 Å². The molecule has 2 aromatic rings. The first-order valence-corrected chi connectivity index (χ1v) is 8.52. The van der Waals surface area contributed by atoms with Crippen LogP contribution in [0.3, 0.4) is 0 Å². The number of carbonyl (C=O) groups is 2. The van der Waals surface area contributed by atoms with E-state index in [4.69, 9.17) is 9.84 Å². The molecule has 2 N–H and O–H groups in total. The number of nitrogens with zero attached hydrogens (tertiary/aromatic N) is 1. The molecule has 136 valence electrons. The lowest BCUT2D eigenvalue weighted by Crippen LogP contribution is -2.31. The number of benzene rings is 2. The van der Waals surface area contributed by atoms with Gasteiger partial charge in [-0.3, -0.25) is 4.79 Å². The molecule has 1 amide bonds. The number of hydrogen-bond acceptors (Lipinski definition) is 4. The van der Waals surface area contributed by atoms with Gasteiger partial charge in [0.25, 0.3) is 0 Å². The summed E-state index contributed by atoms with van der Waals surface area (Å²) in [5.74, 6) is -0.550. The quantitative estimate of drug-likeness (QED) is 0.827. The van der Waals surface area contributed by atoms with Crippen LogP contribution in [0.2, 0.25) is 0 Å². The molecule has 2 aromatic carbocycles. The van der Waals surface area contributed by atoms with Gasteiger partial charge in [0.15, 0.2) is 0 Å². The number of carboxylic acids is 1. The van der Waals surface area contributed by atoms with Crippen LogP contribution in [0.5, 0.6) is 5.75 Å². The molecule has 3 rings (SSSR count). The molecule has 0 spiro atoms. The highest BCUT2D eigenvalue weighted by molar-refractivity contribution is 5.87. The SMILES string of the molecule is O=C(O)c1ccc(O[C@@H]2CN(C(=O)CCc3ccccc3)C[C@H]2O)cc1. The van der Waals surface area contributed by atoms with E-state index in [-0.39, 0.29) is 18.0 Å². The average Bonchev–Trinajstić information content (AvgIpc) is 3.01. The Kier molecular flexibility index (Phi) is 5.53. The average molecular weight is 355 g/mol. The lowest BCUT2D eigenvalue weighted by molar-refractivity contribution is -0.130. The molecule has 0 aliphatic carbocycles. The first-order valence-electron chi connectivity index (χ1n) is 8.52. The highest BCUT2D eigenvalue weighted by Crippen LogP contribution is 2.20. The summed E-state index contributed by atoms with van der Waals surface area (Å²) in [7, 11) is 0. The topological polar surface area (TPSA) is 87.1 Å². The van der Waals surface area contributed by atoms with Crippen LogP contribution in [0.25, 0.3) is 0 Å². The van der Waals surface area contributed by atoms with Crippen molar-refractivity contribution in [1.29, 1.82) is 0 Å². The number of carbonyl (C=O) groups excluding carboxylic acids is 1. The number of ether oxygens (including phenoxy) is 1. The first kappa shape index (κ1) is 17.9. The van der Waals surface area contributed by atoms with Gasteiger partial charge >= 0.3 is 5.97 Å². The number of likely N-dealkylation sites (tertiary alicyclic amines) is 1. The second kappa shape index (κ2) is 8.01. The zero-order chi connectivity index (χ0) is 18.5. The molecule has 1 aliphatic rings. The number of hydrogen-bond donors (Lipinski definition) is 2. The maximum absolute atomic E-state index is 12.4. The van der Waals surface area contributed by atoms with Crippen molar-refractivity contribution in [3.05, 3.63) is 65.7 Å².